The lowest BCUT2D eigenvalue weighted by molar-refractivity contribution is 0.0518. The van der Waals surface area contributed by atoms with Gasteiger partial charge in [-0.15, -0.1) is 0 Å². The number of fused-ring (bicyclic) bond motifs is 5. The fraction of sp³-hybridized carbons (Fsp3) is 0.733. The number of aromatic amines is 1. The topological polar surface area (TPSA) is 55.0 Å². The van der Waals surface area contributed by atoms with Crippen LogP contribution >= 0.6 is 0 Å². The highest BCUT2D eigenvalue weighted by Crippen LogP contribution is 2.75. The maximum absolute atomic E-state index is 11.9. The van der Waals surface area contributed by atoms with Crippen LogP contribution in [0.15, 0.2) is 0 Å². The molecule has 2 fully saturated rings. The Labute approximate surface area is 112 Å². The predicted octanol–water partition coefficient (Wildman–Crippen LogP) is 2.81. The van der Waals surface area contributed by atoms with Crippen LogP contribution in [0.25, 0.3) is 0 Å². The van der Waals surface area contributed by atoms with Gasteiger partial charge < -0.3 is 4.74 Å². The molecule has 0 aromatic carbocycles. The molecule has 0 amide bonds. The van der Waals surface area contributed by atoms with Crippen LogP contribution in [0.2, 0.25) is 0 Å². The maximum atomic E-state index is 11.9. The molecule has 3 aliphatic rings. The van der Waals surface area contributed by atoms with Crippen LogP contribution in [0.4, 0.5) is 0 Å². The van der Waals surface area contributed by atoms with Crippen molar-refractivity contribution in [2.75, 3.05) is 6.61 Å². The molecule has 1 spiro atoms. The molecule has 1 aromatic heterocycles. The SMILES string of the molecule is CCOC(=O)c1n[nH]c2c1C[C@@H]1C2C12CCCCC2. The third kappa shape index (κ3) is 1.40. The zero-order valence-corrected chi connectivity index (χ0v) is 11.4. The number of nitrogens with one attached hydrogen (secondary N) is 1. The van der Waals surface area contributed by atoms with Gasteiger partial charge in [0.05, 0.1) is 6.61 Å². The number of rotatable bonds is 2. The van der Waals surface area contributed by atoms with Gasteiger partial charge in [0, 0.05) is 17.2 Å². The number of carbonyl (C=O) groups excluding carboxylic acids is 1. The van der Waals surface area contributed by atoms with Crippen molar-refractivity contribution < 1.29 is 9.53 Å². The van der Waals surface area contributed by atoms with Gasteiger partial charge in [-0.3, -0.25) is 5.10 Å². The van der Waals surface area contributed by atoms with Gasteiger partial charge in [0.15, 0.2) is 5.69 Å². The Morgan fingerprint density at radius 2 is 2.21 bits per heavy atom. The molecule has 0 radical (unpaired) electrons. The van der Waals surface area contributed by atoms with Crippen molar-refractivity contribution in [2.24, 2.45) is 11.3 Å². The number of H-pyrrole nitrogens is 1. The van der Waals surface area contributed by atoms with Gasteiger partial charge in [0.1, 0.15) is 0 Å². The van der Waals surface area contributed by atoms with E-state index >= 15 is 0 Å². The van der Waals surface area contributed by atoms with E-state index in [1.165, 1.54) is 37.8 Å². The van der Waals surface area contributed by atoms with Gasteiger partial charge in [-0.05, 0) is 37.5 Å². The first-order chi connectivity index (χ1) is 9.28. The lowest BCUT2D eigenvalue weighted by atomic mass is 9.80. The molecule has 0 aliphatic heterocycles. The van der Waals surface area contributed by atoms with E-state index in [4.69, 9.17) is 4.74 Å². The van der Waals surface area contributed by atoms with Crippen LogP contribution in [0.3, 0.4) is 0 Å². The zero-order valence-electron chi connectivity index (χ0n) is 11.4. The number of aromatic nitrogens is 2. The summed E-state index contributed by atoms with van der Waals surface area (Å²) in [5.41, 5.74) is 3.48. The van der Waals surface area contributed by atoms with E-state index in [1.54, 1.807) is 0 Å². The van der Waals surface area contributed by atoms with Crippen LogP contribution in [0.5, 0.6) is 0 Å². The molecule has 3 aliphatic carbocycles. The van der Waals surface area contributed by atoms with Crippen LogP contribution < -0.4 is 0 Å². The van der Waals surface area contributed by atoms with Crippen molar-refractivity contribution in [1.29, 1.82) is 0 Å². The standard InChI is InChI=1S/C15H20N2O2/c1-2-19-14(18)13-9-8-10-11(12(9)16-17-13)15(10)6-4-3-5-7-15/h10-11H,2-8H2,1H3,(H,16,17)/t10-,11?/m1/s1. The second-order valence-corrected chi connectivity index (χ2v) is 6.27. The average Bonchev–Trinajstić information content (AvgIpc) is 2.79. The quantitative estimate of drug-likeness (QED) is 0.832. The summed E-state index contributed by atoms with van der Waals surface area (Å²) in [5.74, 6) is 1.16. The van der Waals surface area contributed by atoms with Crippen molar-refractivity contribution in [2.45, 2.75) is 51.4 Å². The van der Waals surface area contributed by atoms with E-state index in [0.29, 0.717) is 23.6 Å². The van der Waals surface area contributed by atoms with Crippen molar-refractivity contribution in [3.8, 4) is 0 Å². The summed E-state index contributed by atoms with van der Waals surface area (Å²) in [6, 6.07) is 0. The molecule has 4 nitrogen and oxygen atoms in total. The fourth-order valence-corrected chi connectivity index (χ4v) is 4.71. The highest BCUT2D eigenvalue weighted by molar-refractivity contribution is 5.89. The van der Waals surface area contributed by atoms with Gasteiger partial charge in [0.25, 0.3) is 0 Å². The molecular formula is C15H20N2O2. The molecule has 0 bridgehead atoms. The Hall–Kier alpha value is -1.32. The molecule has 1 unspecified atom stereocenters. The van der Waals surface area contributed by atoms with Crippen molar-refractivity contribution in [3.63, 3.8) is 0 Å². The molecule has 1 aromatic rings. The van der Waals surface area contributed by atoms with E-state index in [-0.39, 0.29) is 5.97 Å². The monoisotopic (exact) mass is 260 g/mol. The normalized spacial score (nSPS) is 29.9. The van der Waals surface area contributed by atoms with Gasteiger partial charge in [-0.1, -0.05) is 19.3 Å². The smallest absolute Gasteiger partial charge is 0.359 e. The number of nitrogens with zero attached hydrogens (tertiary/aromatic N) is 1. The Bertz CT molecular complexity index is 528. The molecule has 1 heterocycles. The Balaban J connectivity index is 1.61. The van der Waals surface area contributed by atoms with Crippen LogP contribution in [0, 0.1) is 11.3 Å². The predicted molar refractivity (Wildman–Crippen MR) is 70.0 cm³/mol. The van der Waals surface area contributed by atoms with Crippen LogP contribution in [-0.4, -0.2) is 22.8 Å². The number of carbonyl (C=O) groups is 1. The lowest BCUT2D eigenvalue weighted by Gasteiger charge is -2.25. The molecule has 2 saturated carbocycles. The van der Waals surface area contributed by atoms with Crippen LogP contribution in [0.1, 0.15) is 66.7 Å². The van der Waals surface area contributed by atoms with Gasteiger partial charge in [-0.25, -0.2) is 4.79 Å². The molecule has 1 N–H and O–H groups in total. The minimum atomic E-state index is -0.265. The first-order valence-electron chi connectivity index (χ1n) is 7.52. The molecule has 4 rings (SSSR count). The lowest BCUT2D eigenvalue weighted by Crippen LogP contribution is -2.15. The average molecular weight is 260 g/mol. The highest BCUT2D eigenvalue weighted by atomic mass is 16.5. The minimum Gasteiger partial charge on any atom is -0.461 e. The maximum Gasteiger partial charge on any atom is 0.359 e. The zero-order chi connectivity index (χ0) is 13.0. The molecule has 2 atom stereocenters. The van der Waals surface area contributed by atoms with E-state index in [0.717, 1.165) is 17.9 Å². The summed E-state index contributed by atoms with van der Waals surface area (Å²) in [5, 5.41) is 7.35. The van der Waals surface area contributed by atoms with E-state index in [9.17, 15) is 4.79 Å². The third-order valence-corrected chi connectivity index (χ3v) is 5.54. The van der Waals surface area contributed by atoms with Crippen molar-refractivity contribution >= 4 is 5.97 Å². The summed E-state index contributed by atoms with van der Waals surface area (Å²) in [4.78, 5) is 11.9. The number of hydrogen-bond donors (Lipinski definition) is 1. The Kier molecular flexibility index (Phi) is 2.32. The van der Waals surface area contributed by atoms with Gasteiger partial charge >= 0.3 is 5.97 Å². The largest absolute Gasteiger partial charge is 0.461 e. The third-order valence-electron chi connectivity index (χ3n) is 5.54. The van der Waals surface area contributed by atoms with Crippen LogP contribution in [-0.2, 0) is 11.2 Å². The van der Waals surface area contributed by atoms with E-state index < -0.39 is 0 Å². The highest BCUT2D eigenvalue weighted by Gasteiger charge is 2.68. The van der Waals surface area contributed by atoms with Gasteiger partial charge in [0.2, 0.25) is 0 Å². The van der Waals surface area contributed by atoms with E-state index in [1.807, 2.05) is 6.92 Å². The first kappa shape index (κ1) is 11.5. The van der Waals surface area contributed by atoms with Gasteiger partial charge in [-0.2, -0.15) is 5.10 Å². The first-order valence-corrected chi connectivity index (χ1v) is 7.52. The van der Waals surface area contributed by atoms with Crippen molar-refractivity contribution in [1.82, 2.24) is 10.2 Å². The summed E-state index contributed by atoms with van der Waals surface area (Å²) in [6.45, 7) is 2.25. The molecular weight excluding hydrogens is 240 g/mol. The summed E-state index contributed by atoms with van der Waals surface area (Å²) in [7, 11) is 0. The van der Waals surface area contributed by atoms with E-state index in [2.05, 4.69) is 10.2 Å². The molecule has 4 heteroatoms. The molecule has 0 saturated heterocycles. The molecule has 19 heavy (non-hydrogen) atoms. The Morgan fingerprint density at radius 3 is 2.95 bits per heavy atom. The summed E-state index contributed by atoms with van der Waals surface area (Å²) in [6.07, 6.45) is 7.92. The van der Waals surface area contributed by atoms with Crippen molar-refractivity contribution in [3.05, 3.63) is 17.0 Å². The Morgan fingerprint density at radius 1 is 1.42 bits per heavy atom. The number of esters is 1. The number of ether oxygens (including phenoxy) is 1. The molecule has 102 valence electrons. The minimum absolute atomic E-state index is 0.265. The number of hydrogen-bond acceptors (Lipinski definition) is 3. The second-order valence-electron chi connectivity index (χ2n) is 6.27. The summed E-state index contributed by atoms with van der Waals surface area (Å²) >= 11 is 0. The summed E-state index contributed by atoms with van der Waals surface area (Å²) < 4.78 is 5.08. The second kappa shape index (κ2) is 3.84. The fourth-order valence-electron chi connectivity index (χ4n) is 4.71.